The van der Waals surface area contributed by atoms with Crippen molar-refractivity contribution in [2.75, 3.05) is 13.6 Å². The molecule has 0 aliphatic heterocycles. The van der Waals surface area contributed by atoms with Crippen LogP contribution in [0.25, 0.3) is 0 Å². The molecule has 0 aromatic heterocycles. The van der Waals surface area contributed by atoms with E-state index in [9.17, 15) is 5.11 Å². The minimum atomic E-state index is -0.410. The molecule has 0 bridgehead atoms. The van der Waals surface area contributed by atoms with Gasteiger partial charge in [0.2, 0.25) is 0 Å². The predicted molar refractivity (Wildman–Crippen MR) is 88.1 cm³/mol. The lowest BCUT2D eigenvalue weighted by Crippen LogP contribution is -2.27. The second kappa shape index (κ2) is 7.39. The normalized spacial score (nSPS) is 14.1. The van der Waals surface area contributed by atoms with Gasteiger partial charge < -0.3 is 10.0 Å². The molecule has 21 heavy (non-hydrogen) atoms. The number of rotatable bonds is 6. The van der Waals surface area contributed by atoms with Crippen LogP contribution in [0.4, 0.5) is 0 Å². The molecule has 2 atom stereocenters. The number of hydrogen-bond donors (Lipinski definition) is 1. The third-order valence-corrected chi connectivity index (χ3v) is 3.85. The Labute approximate surface area is 128 Å². The molecular formula is C19H25NO. The summed E-state index contributed by atoms with van der Waals surface area (Å²) in [5.41, 5.74) is 3.59. The SMILES string of the molecule is Cc1ccc(CN(C)CC(C)C(O)c2ccccc2)cc1. The Morgan fingerprint density at radius 1 is 1.00 bits per heavy atom. The first-order chi connectivity index (χ1) is 10.1. The fraction of sp³-hybridized carbons (Fsp3) is 0.368. The van der Waals surface area contributed by atoms with Crippen molar-refractivity contribution in [3.8, 4) is 0 Å². The molecule has 2 aromatic rings. The molecule has 0 fully saturated rings. The molecule has 0 radical (unpaired) electrons. The van der Waals surface area contributed by atoms with Gasteiger partial charge in [0.1, 0.15) is 0 Å². The highest BCUT2D eigenvalue weighted by Gasteiger charge is 2.17. The lowest BCUT2D eigenvalue weighted by molar-refractivity contribution is 0.0933. The van der Waals surface area contributed by atoms with Gasteiger partial charge in [-0.15, -0.1) is 0 Å². The molecule has 0 spiro atoms. The summed E-state index contributed by atoms with van der Waals surface area (Å²) >= 11 is 0. The molecule has 112 valence electrons. The Morgan fingerprint density at radius 3 is 2.24 bits per heavy atom. The molecule has 0 amide bonds. The second-order valence-corrected chi connectivity index (χ2v) is 6.02. The van der Waals surface area contributed by atoms with Gasteiger partial charge in [-0.3, -0.25) is 0 Å². The number of aliphatic hydroxyl groups is 1. The topological polar surface area (TPSA) is 23.5 Å². The van der Waals surface area contributed by atoms with Crippen LogP contribution >= 0.6 is 0 Å². The molecule has 0 saturated carbocycles. The van der Waals surface area contributed by atoms with Crippen LogP contribution in [-0.4, -0.2) is 23.6 Å². The highest BCUT2D eigenvalue weighted by molar-refractivity contribution is 5.21. The quantitative estimate of drug-likeness (QED) is 0.871. The Bertz CT molecular complexity index is 535. The minimum Gasteiger partial charge on any atom is -0.388 e. The van der Waals surface area contributed by atoms with Crippen LogP contribution in [0.1, 0.15) is 29.7 Å². The first-order valence-electron chi connectivity index (χ1n) is 7.53. The number of nitrogens with zero attached hydrogens (tertiary/aromatic N) is 1. The van der Waals surface area contributed by atoms with E-state index >= 15 is 0 Å². The maximum Gasteiger partial charge on any atom is 0.0827 e. The van der Waals surface area contributed by atoms with Crippen LogP contribution in [0.2, 0.25) is 0 Å². The third-order valence-electron chi connectivity index (χ3n) is 3.85. The monoisotopic (exact) mass is 283 g/mol. The number of hydrogen-bond acceptors (Lipinski definition) is 2. The van der Waals surface area contributed by atoms with E-state index in [2.05, 4.69) is 50.1 Å². The summed E-state index contributed by atoms with van der Waals surface area (Å²) in [6.07, 6.45) is -0.410. The first-order valence-corrected chi connectivity index (χ1v) is 7.53. The predicted octanol–water partition coefficient (Wildman–Crippen LogP) is 3.80. The van der Waals surface area contributed by atoms with E-state index in [1.165, 1.54) is 11.1 Å². The van der Waals surface area contributed by atoms with Crippen molar-refractivity contribution >= 4 is 0 Å². The first kappa shape index (κ1) is 15.7. The van der Waals surface area contributed by atoms with Crippen LogP contribution in [0.15, 0.2) is 54.6 Å². The average Bonchev–Trinajstić information content (AvgIpc) is 2.49. The molecule has 2 nitrogen and oxygen atoms in total. The second-order valence-electron chi connectivity index (χ2n) is 6.02. The zero-order valence-corrected chi connectivity index (χ0v) is 13.2. The Kier molecular flexibility index (Phi) is 5.54. The van der Waals surface area contributed by atoms with Gasteiger partial charge >= 0.3 is 0 Å². The molecule has 1 N–H and O–H groups in total. The van der Waals surface area contributed by atoms with E-state index in [1.54, 1.807) is 0 Å². The summed E-state index contributed by atoms with van der Waals surface area (Å²) in [5, 5.41) is 10.4. The number of aryl methyl sites for hydroxylation is 1. The van der Waals surface area contributed by atoms with Crippen molar-refractivity contribution in [2.24, 2.45) is 5.92 Å². The molecule has 0 aliphatic rings. The summed E-state index contributed by atoms with van der Waals surface area (Å²) in [6.45, 7) is 5.98. The van der Waals surface area contributed by atoms with Gasteiger partial charge in [-0.25, -0.2) is 0 Å². The maximum absolute atomic E-state index is 10.4. The third kappa shape index (κ3) is 4.69. The summed E-state index contributed by atoms with van der Waals surface area (Å²) in [7, 11) is 2.11. The van der Waals surface area contributed by atoms with Crippen LogP contribution in [0.5, 0.6) is 0 Å². The summed E-state index contributed by atoms with van der Waals surface area (Å²) in [6, 6.07) is 18.5. The summed E-state index contributed by atoms with van der Waals surface area (Å²) in [4.78, 5) is 2.27. The van der Waals surface area contributed by atoms with Crippen LogP contribution in [0, 0.1) is 12.8 Å². The van der Waals surface area contributed by atoms with Crippen LogP contribution < -0.4 is 0 Å². The van der Waals surface area contributed by atoms with Crippen molar-refractivity contribution in [3.05, 3.63) is 71.3 Å². The van der Waals surface area contributed by atoms with Crippen molar-refractivity contribution < 1.29 is 5.11 Å². The van der Waals surface area contributed by atoms with Gasteiger partial charge in [0.05, 0.1) is 6.10 Å². The van der Waals surface area contributed by atoms with Crippen LogP contribution in [0.3, 0.4) is 0 Å². The molecular weight excluding hydrogens is 258 g/mol. The van der Waals surface area contributed by atoms with Gasteiger partial charge in [0.25, 0.3) is 0 Å². The lowest BCUT2D eigenvalue weighted by Gasteiger charge is -2.25. The van der Waals surface area contributed by atoms with E-state index in [0.717, 1.165) is 18.7 Å². The average molecular weight is 283 g/mol. The van der Waals surface area contributed by atoms with E-state index in [0.29, 0.717) is 0 Å². The van der Waals surface area contributed by atoms with Gasteiger partial charge in [-0.2, -0.15) is 0 Å². The molecule has 2 unspecified atom stereocenters. The van der Waals surface area contributed by atoms with E-state index in [-0.39, 0.29) is 5.92 Å². The largest absolute Gasteiger partial charge is 0.388 e. The molecule has 0 heterocycles. The zero-order valence-electron chi connectivity index (χ0n) is 13.2. The Balaban J connectivity index is 1.89. The van der Waals surface area contributed by atoms with Gasteiger partial charge in [0, 0.05) is 13.1 Å². The Hall–Kier alpha value is -1.64. The van der Waals surface area contributed by atoms with E-state index in [4.69, 9.17) is 0 Å². The zero-order chi connectivity index (χ0) is 15.2. The molecule has 0 aliphatic carbocycles. The van der Waals surface area contributed by atoms with E-state index < -0.39 is 6.10 Å². The van der Waals surface area contributed by atoms with Gasteiger partial charge in [-0.1, -0.05) is 67.1 Å². The van der Waals surface area contributed by atoms with Crippen molar-refractivity contribution in [1.29, 1.82) is 0 Å². The van der Waals surface area contributed by atoms with E-state index in [1.807, 2.05) is 30.3 Å². The van der Waals surface area contributed by atoms with Crippen molar-refractivity contribution in [1.82, 2.24) is 4.90 Å². The number of aliphatic hydroxyl groups excluding tert-OH is 1. The van der Waals surface area contributed by atoms with Gasteiger partial charge in [0.15, 0.2) is 0 Å². The van der Waals surface area contributed by atoms with Gasteiger partial charge in [-0.05, 0) is 31.0 Å². The number of benzene rings is 2. The molecule has 2 heteroatoms. The summed E-state index contributed by atoms with van der Waals surface area (Å²) in [5.74, 6) is 0.197. The smallest absolute Gasteiger partial charge is 0.0827 e. The summed E-state index contributed by atoms with van der Waals surface area (Å²) < 4.78 is 0. The minimum absolute atomic E-state index is 0.197. The highest BCUT2D eigenvalue weighted by Crippen LogP contribution is 2.22. The van der Waals surface area contributed by atoms with Crippen molar-refractivity contribution in [2.45, 2.75) is 26.5 Å². The maximum atomic E-state index is 10.4. The fourth-order valence-corrected chi connectivity index (χ4v) is 2.64. The Morgan fingerprint density at radius 2 is 1.62 bits per heavy atom. The van der Waals surface area contributed by atoms with Crippen LogP contribution in [-0.2, 0) is 6.54 Å². The lowest BCUT2D eigenvalue weighted by atomic mass is 9.97. The fourth-order valence-electron chi connectivity index (χ4n) is 2.64. The van der Waals surface area contributed by atoms with Crippen molar-refractivity contribution in [3.63, 3.8) is 0 Å². The highest BCUT2D eigenvalue weighted by atomic mass is 16.3. The molecule has 2 rings (SSSR count). The standard InChI is InChI=1S/C19H25NO/c1-15-9-11-17(12-10-15)14-20(3)13-16(2)19(21)18-7-5-4-6-8-18/h4-12,16,19,21H,13-14H2,1-3H3. The molecule has 2 aromatic carbocycles. The molecule has 0 saturated heterocycles.